The zero-order chi connectivity index (χ0) is 9.84. The van der Waals surface area contributed by atoms with Crippen molar-refractivity contribution in [1.82, 2.24) is 0 Å². The zero-order valence-electron chi connectivity index (χ0n) is 7.34. The van der Waals surface area contributed by atoms with Crippen LogP contribution < -0.4 is 0 Å². The first-order valence-corrected chi connectivity index (χ1v) is 4.06. The van der Waals surface area contributed by atoms with Gasteiger partial charge < -0.3 is 4.84 Å². The molecule has 1 aromatic rings. The molecule has 0 heterocycles. The lowest BCUT2D eigenvalue weighted by molar-refractivity contribution is 0.213. The fourth-order valence-corrected chi connectivity index (χ4v) is 1.27. The first-order chi connectivity index (χ1) is 6.15. The van der Waals surface area contributed by atoms with Gasteiger partial charge in [-0.15, -0.1) is 0 Å². The molecule has 0 aliphatic rings. The van der Waals surface area contributed by atoms with E-state index in [1.165, 1.54) is 19.2 Å². The molecule has 4 heteroatoms. The maximum absolute atomic E-state index is 12.6. The van der Waals surface area contributed by atoms with Crippen LogP contribution in [0.15, 0.2) is 23.4 Å². The number of rotatable bonds is 2. The molecule has 0 bridgehead atoms. The molecule has 0 radical (unpaired) electrons. The average Bonchev–Trinajstić information content (AvgIpc) is 2.04. The highest BCUT2D eigenvalue weighted by molar-refractivity contribution is 6.34. The first kappa shape index (κ1) is 9.99. The van der Waals surface area contributed by atoms with Gasteiger partial charge in [0, 0.05) is 5.56 Å². The monoisotopic (exact) mass is 201 g/mol. The van der Waals surface area contributed by atoms with Gasteiger partial charge in [-0.25, -0.2) is 4.39 Å². The van der Waals surface area contributed by atoms with Crippen LogP contribution in [0, 0.1) is 5.82 Å². The topological polar surface area (TPSA) is 21.6 Å². The quantitative estimate of drug-likeness (QED) is 0.533. The van der Waals surface area contributed by atoms with Crippen LogP contribution in [0.2, 0.25) is 5.02 Å². The molecule has 1 rings (SSSR count). The van der Waals surface area contributed by atoms with E-state index in [2.05, 4.69) is 9.99 Å². The van der Waals surface area contributed by atoms with Gasteiger partial charge in [0.05, 0.1) is 10.7 Å². The fourth-order valence-electron chi connectivity index (χ4n) is 0.969. The van der Waals surface area contributed by atoms with Crippen molar-refractivity contribution in [2.24, 2.45) is 5.16 Å². The molecule has 0 saturated heterocycles. The number of halogens is 2. The van der Waals surface area contributed by atoms with Crippen molar-refractivity contribution in [2.45, 2.75) is 6.92 Å². The van der Waals surface area contributed by atoms with Crippen LogP contribution in [0.5, 0.6) is 0 Å². The van der Waals surface area contributed by atoms with Crippen LogP contribution in [0.3, 0.4) is 0 Å². The van der Waals surface area contributed by atoms with Crippen LogP contribution in [0.25, 0.3) is 0 Å². The largest absolute Gasteiger partial charge is 0.399 e. The summed E-state index contributed by atoms with van der Waals surface area (Å²) in [5.41, 5.74) is 1.29. The SMILES string of the molecule is CO/N=C(\C)c1ccc(F)cc1Cl. The molecule has 0 aliphatic heterocycles. The zero-order valence-corrected chi connectivity index (χ0v) is 8.10. The highest BCUT2D eigenvalue weighted by atomic mass is 35.5. The van der Waals surface area contributed by atoms with Gasteiger partial charge in [-0.05, 0) is 25.1 Å². The molecule has 70 valence electrons. The Kier molecular flexibility index (Phi) is 3.25. The maximum Gasteiger partial charge on any atom is 0.124 e. The van der Waals surface area contributed by atoms with Gasteiger partial charge in [0.25, 0.3) is 0 Å². The number of benzene rings is 1. The second kappa shape index (κ2) is 4.23. The van der Waals surface area contributed by atoms with E-state index in [4.69, 9.17) is 11.6 Å². The Balaban J connectivity index is 3.09. The van der Waals surface area contributed by atoms with Crippen molar-refractivity contribution in [3.05, 3.63) is 34.6 Å². The van der Waals surface area contributed by atoms with Crippen molar-refractivity contribution in [3.8, 4) is 0 Å². The van der Waals surface area contributed by atoms with Crippen molar-refractivity contribution in [1.29, 1.82) is 0 Å². The van der Waals surface area contributed by atoms with E-state index in [1.807, 2.05) is 0 Å². The Morgan fingerprint density at radius 1 is 1.54 bits per heavy atom. The Hall–Kier alpha value is -1.09. The highest BCUT2D eigenvalue weighted by Crippen LogP contribution is 2.17. The van der Waals surface area contributed by atoms with Crippen LogP contribution >= 0.6 is 11.6 Å². The molecule has 13 heavy (non-hydrogen) atoms. The molecule has 0 aromatic heterocycles. The minimum Gasteiger partial charge on any atom is -0.399 e. The summed E-state index contributed by atoms with van der Waals surface area (Å²) in [5.74, 6) is -0.362. The third-order valence-electron chi connectivity index (χ3n) is 1.55. The molecule has 1 aromatic carbocycles. The second-order valence-corrected chi connectivity index (χ2v) is 2.89. The third-order valence-corrected chi connectivity index (χ3v) is 1.86. The van der Waals surface area contributed by atoms with E-state index in [0.29, 0.717) is 16.3 Å². The van der Waals surface area contributed by atoms with Gasteiger partial charge in [-0.2, -0.15) is 0 Å². The van der Waals surface area contributed by atoms with Crippen molar-refractivity contribution in [2.75, 3.05) is 7.11 Å². The number of oxime groups is 1. The van der Waals surface area contributed by atoms with Gasteiger partial charge in [-0.1, -0.05) is 16.8 Å². The first-order valence-electron chi connectivity index (χ1n) is 3.68. The number of nitrogens with zero attached hydrogens (tertiary/aromatic N) is 1. The molecule has 0 atom stereocenters. The summed E-state index contributed by atoms with van der Waals surface area (Å²) in [7, 11) is 1.45. The molecule has 0 amide bonds. The lowest BCUT2D eigenvalue weighted by Crippen LogP contribution is -1.96. The average molecular weight is 202 g/mol. The van der Waals surface area contributed by atoms with Gasteiger partial charge in [0.1, 0.15) is 12.9 Å². The van der Waals surface area contributed by atoms with E-state index in [1.54, 1.807) is 13.0 Å². The summed E-state index contributed by atoms with van der Waals surface area (Å²) in [6, 6.07) is 4.14. The van der Waals surface area contributed by atoms with E-state index < -0.39 is 0 Å². The normalized spacial score (nSPS) is 11.5. The van der Waals surface area contributed by atoms with Crippen LogP contribution in [0.4, 0.5) is 4.39 Å². The van der Waals surface area contributed by atoms with Crippen molar-refractivity contribution >= 4 is 17.3 Å². The summed E-state index contributed by atoms with van der Waals surface area (Å²) in [5, 5.41) is 4.03. The maximum atomic E-state index is 12.6. The molecule has 0 saturated carbocycles. The van der Waals surface area contributed by atoms with E-state index in [-0.39, 0.29) is 5.82 Å². The highest BCUT2D eigenvalue weighted by Gasteiger charge is 2.04. The summed E-state index contributed by atoms with van der Waals surface area (Å²) >= 11 is 5.78. The van der Waals surface area contributed by atoms with E-state index >= 15 is 0 Å². The lowest BCUT2D eigenvalue weighted by Gasteiger charge is -2.02. The van der Waals surface area contributed by atoms with Crippen molar-refractivity contribution in [3.63, 3.8) is 0 Å². The van der Waals surface area contributed by atoms with E-state index in [9.17, 15) is 4.39 Å². The minimum atomic E-state index is -0.362. The van der Waals surface area contributed by atoms with Gasteiger partial charge in [0.2, 0.25) is 0 Å². The fraction of sp³-hybridized carbons (Fsp3) is 0.222. The van der Waals surface area contributed by atoms with Crippen LogP contribution in [0.1, 0.15) is 12.5 Å². The molecular weight excluding hydrogens is 193 g/mol. The minimum absolute atomic E-state index is 0.332. The smallest absolute Gasteiger partial charge is 0.124 e. The van der Waals surface area contributed by atoms with Crippen LogP contribution in [-0.4, -0.2) is 12.8 Å². The van der Waals surface area contributed by atoms with Gasteiger partial charge in [0.15, 0.2) is 0 Å². The summed E-state index contributed by atoms with van der Waals surface area (Å²) in [6.07, 6.45) is 0. The van der Waals surface area contributed by atoms with Gasteiger partial charge in [-0.3, -0.25) is 0 Å². The molecule has 0 aliphatic carbocycles. The predicted molar refractivity (Wildman–Crippen MR) is 50.6 cm³/mol. The molecular formula is C9H9ClFNO. The van der Waals surface area contributed by atoms with Gasteiger partial charge >= 0.3 is 0 Å². The lowest BCUT2D eigenvalue weighted by atomic mass is 10.1. The molecule has 0 N–H and O–H groups in total. The van der Waals surface area contributed by atoms with Crippen LogP contribution in [-0.2, 0) is 4.84 Å². The standard InChI is InChI=1S/C9H9ClFNO/c1-6(12-13-2)8-4-3-7(11)5-9(8)10/h3-5H,1-2H3/b12-6+. The Morgan fingerprint density at radius 2 is 2.23 bits per heavy atom. The summed E-state index contributed by atoms with van der Waals surface area (Å²) in [6.45, 7) is 1.74. The number of hydrogen-bond donors (Lipinski definition) is 0. The molecule has 0 unspecified atom stereocenters. The molecule has 2 nitrogen and oxygen atoms in total. The predicted octanol–water partition coefficient (Wildman–Crippen LogP) is 2.85. The second-order valence-electron chi connectivity index (χ2n) is 2.48. The third kappa shape index (κ3) is 2.42. The Morgan fingerprint density at radius 3 is 2.77 bits per heavy atom. The summed E-state index contributed by atoms with van der Waals surface area (Å²) < 4.78 is 12.6. The van der Waals surface area contributed by atoms with Crippen molar-refractivity contribution < 1.29 is 9.23 Å². The Labute approximate surface area is 81.0 Å². The molecule has 0 fully saturated rings. The number of hydrogen-bond acceptors (Lipinski definition) is 2. The Bertz CT molecular complexity index is 338. The van der Waals surface area contributed by atoms with E-state index in [0.717, 1.165) is 0 Å². The summed E-state index contributed by atoms with van der Waals surface area (Å²) in [4.78, 5) is 4.58. The molecule has 0 spiro atoms.